The fraction of sp³-hybridized carbons (Fsp3) is 0.733. The van der Waals surface area contributed by atoms with E-state index >= 15 is 0 Å². The molecule has 17 heavy (non-hydrogen) atoms. The maximum atomic E-state index is 10.1. The smallest absolute Gasteiger partial charge is 0.0707 e. The van der Waals surface area contributed by atoms with Gasteiger partial charge < -0.3 is 5.11 Å². The van der Waals surface area contributed by atoms with Crippen molar-refractivity contribution in [1.29, 1.82) is 0 Å². The summed E-state index contributed by atoms with van der Waals surface area (Å²) in [6, 6.07) is 0. The first-order valence-electron chi connectivity index (χ1n) is 6.47. The van der Waals surface area contributed by atoms with E-state index in [1.165, 1.54) is 17.6 Å². The zero-order valence-electron chi connectivity index (χ0n) is 11.1. The van der Waals surface area contributed by atoms with Crippen LogP contribution in [-0.2, 0) is 0 Å². The molecule has 0 bridgehead atoms. The molecule has 2 aliphatic rings. The first kappa shape index (κ1) is 13.4. The van der Waals surface area contributed by atoms with Crippen LogP contribution in [0.25, 0.3) is 0 Å². The van der Waals surface area contributed by atoms with Crippen LogP contribution in [0.1, 0.15) is 46.5 Å². The highest BCUT2D eigenvalue weighted by Gasteiger charge is 2.55. The molecule has 3 atom stereocenters. The Morgan fingerprint density at radius 1 is 1.47 bits per heavy atom. The summed E-state index contributed by atoms with van der Waals surface area (Å²) in [4.78, 5) is 0.160. The summed E-state index contributed by atoms with van der Waals surface area (Å²) in [7, 11) is 0. The van der Waals surface area contributed by atoms with Gasteiger partial charge in [0.2, 0.25) is 0 Å². The number of rotatable bonds is 0. The van der Waals surface area contributed by atoms with Gasteiger partial charge in [0, 0.05) is 10.2 Å². The maximum absolute atomic E-state index is 10.1. The average Bonchev–Trinajstić information content (AvgIpc) is 2.27. The summed E-state index contributed by atoms with van der Waals surface area (Å²) in [6.45, 7) is 11.0. The molecule has 1 nitrogen and oxygen atoms in total. The number of hydrogen-bond donors (Lipinski definition) is 1. The largest absolute Gasteiger partial charge is 0.392 e. The minimum Gasteiger partial charge on any atom is -0.392 e. The van der Waals surface area contributed by atoms with E-state index < -0.39 is 0 Å². The highest BCUT2D eigenvalue weighted by Crippen LogP contribution is 2.61. The molecule has 1 saturated carbocycles. The van der Waals surface area contributed by atoms with Gasteiger partial charge in [0.15, 0.2) is 0 Å². The van der Waals surface area contributed by atoms with E-state index in [0.29, 0.717) is 0 Å². The van der Waals surface area contributed by atoms with Crippen molar-refractivity contribution in [3.63, 3.8) is 0 Å². The van der Waals surface area contributed by atoms with Crippen LogP contribution in [0, 0.1) is 10.8 Å². The molecule has 0 aromatic rings. The summed E-state index contributed by atoms with van der Waals surface area (Å²) in [5.74, 6) is 0. The van der Waals surface area contributed by atoms with Crippen molar-refractivity contribution in [2.45, 2.75) is 57.4 Å². The van der Waals surface area contributed by atoms with Crippen LogP contribution in [0.2, 0.25) is 0 Å². The van der Waals surface area contributed by atoms with Crippen molar-refractivity contribution in [3.05, 3.63) is 23.8 Å². The molecule has 0 amide bonds. The number of aliphatic hydroxyl groups is 1. The molecule has 1 spiro atoms. The van der Waals surface area contributed by atoms with Gasteiger partial charge in [-0.15, -0.1) is 0 Å². The molecule has 1 N–H and O–H groups in total. The van der Waals surface area contributed by atoms with Gasteiger partial charge in [0.05, 0.1) is 6.10 Å². The molecule has 2 aliphatic carbocycles. The molecule has 0 aromatic carbocycles. The van der Waals surface area contributed by atoms with Crippen LogP contribution in [-0.4, -0.2) is 16.0 Å². The third-order valence-electron chi connectivity index (χ3n) is 5.14. The molecule has 0 saturated heterocycles. The maximum Gasteiger partial charge on any atom is 0.0707 e. The van der Waals surface area contributed by atoms with E-state index in [9.17, 15) is 5.11 Å². The Labute approximate surface area is 113 Å². The van der Waals surface area contributed by atoms with Gasteiger partial charge in [-0.2, -0.15) is 0 Å². The Morgan fingerprint density at radius 3 is 2.65 bits per heavy atom. The highest BCUT2D eigenvalue weighted by molar-refractivity contribution is 9.09. The first-order valence-corrected chi connectivity index (χ1v) is 7.39. The van der Waals surface area contributed by atoms with E-state index in [-0.39, 0.29) is 21.8 Å². The third kappa shape index (κ3) is 1.84. The van der Waals surface area contributed by atoms with Crippen LogP contribution in [0.15, 0.2) is 23.8 Å². The molecule has 0 radical (unpaired) electrons. The van der Waals surface area contributed by atoms with Gasteiger partial charge in [-0.25, -0.2) is 0 Å². The number of aliphatic hydroxyl groups excluding tert-OH is 1. The van der Waals surface area contributed by atoms with Crippen LogP contribution in [0.3, 0.4) is 0 Å². The predicted octanol–water partition coefficient (Wildman–Crippen LogP) is 4.21. The molecule has 1 fully saturated rings. The van der Waals surface area contributed by atoms with E-state index in [0.717, 1.165) is 19.3 Å². The summed E-state index contributed by atoms with van der Waals surface area (Å²) < 4.78 is 0. The quantitative estimate of drug-likeness (QED) is 0.524. The van der Waals surface area contributed by atoms with Crippen molar-refractivity contribution in [2.24, 2.45) is 10.8 Å². The van der Waals surface area contributed by atoms with Gasteiger partial charge in [-0.05, 0) is 38.0 Å². The molecule has 0 aromatic heterocycles. The van der Waals surface area contributed by atoms with Crippen LogP contribution in [0.4, 0.5) is 0 Å². The van der Waals surface area contributed by atoms with Crippen LogP contribution in [0.5, 0.6) is 0 Å². The average molecular weight is 299 g/mol. The molecule has 2 rings (SSSR count). The Balaban J connectivity index is 2.41. The zero-order valence-corrected chi connectivity index (χ0v) is 12.7. The molecular weight excluding hydrogens is 276 g/mol. The normalized spacial score (nSPS) is 41.5. The van der Waals surface area contributed by atoms with Gasteiger partial charge in [0.25, 0.3) is 0 Å². The number of alkyl halides is 1. The van der Waals surface area contributed by atoms with Gasteiger partial charge >= 0.3 is 0 Å². The van der Waals surface area contributed by atoms with E-state index in [1.54, 1.807) is 0 Å². The summed E-state index contributed by atoms with van der Waals surface area (Å²) in [6.07, 6.45) is 6.24. The topological polar surface area (TPSA) is 20.2 Å². The minimum atomic E-state index is -0.296. The molecule has 0 aliphatic heterocycles. The van der Waals surface area contributed by atoms with Crippen molar-refractivity contribution >= 4 is 15.9 Å². The number of allylic oxidation sites excluding steroid dienone is 2. The lowest BCUT2D eigenvalue weighted by atomic mass is 9.50. The lowest BCUT2D eigenvalue weighted by molar-refractivity contribution is 0.00123. The molecular formula is C15H23BrO. The third-order valence-corrected chi connectivity index (χ3v) is 6.89. The summed E-state index contributed by atoms with van der Waals surface area (Å²) in [5, 5.41) is 10.1. The Hall–Kier alpha value is -0.0800. The van der Waals surface area contributed by atoms with Crippen molar-refractivity contribution in [1.82, 2.24) is 0 Å². The van der Waals surface area contributed by atoms with Crippen LogP contribution >= 0.6 is 15.9 Å². The van der Waals surface area contributed by atoms with Crippen molar-refractivity contribution in [2.75, 3.05) is 0 Å². The monoisotopic (exact) mass is 298 g/mol. The number of halogens is 1. The minimum absolute atomic E-state index is 0.0545. The molecule has 0 heterocycles. The fourth-order valence-electron chi connectivity index (χ4n) is 3.62. The second kappa shape index (κ2) is 4.24. The second-order valence-electron chi connectivity index (χ2n) is 6.34. The zero-order chi connectivity index (χ0) is 12.8. The van der Waals surface area contributed by atoms with Crippen molar-refractivity contribution < 1.29 is 5.11 Å². The predicted molar refractivity (Wildman–Crippen MR) is 76.3 cm³/mol. The van der Waals surface area contributed by atoms with Crippen LogP contribution < -0.4 is 0 Å². The molecule has 1 unspecified atom stereocenters. The standard InChI is InChI=1S/C15H23BrO/c1-10-5-7-15(8-6-10)11(2)9-12(17)13(16)14(15,3)4/h5,12-13,17H,2,6-9H2,1,3-4H3/t12-,13+,15?/m1/s1. The lowest BCUT2D eigenvalue weighted by Gasteiger charge is -2.57. The van der Waals surface area contributed by atoms with Crippen molar-refractivity contribution in [3.8, 4) is 0 Å². The van der Waals surface area contributed by atoms with Gasteiger partial charge in [-0.3, -0.25) is 0 Å². The van der Waals surface area contributed by atoms with Gasteiger partial charge in [0.1, 0.15) is 0 Å². The summed E-state index contributed by atoms with van der Waals surface area (Å²) in [5.41, 5.74) is 2.96. The highest BCUT2D eigenvalue weighted by atomic mass is 79.9. The van der Waals surface area contributed by atoms with Gasteiger partial charge in [-0.1, -0.05) is 53.6 Å². The second-order valence-corrected chi connectivity index (χ2v) is 7.32. The Morgan fingerprint density at radius 2 is 2.12 bits per heavy atom. The van der Waals surface area contributed by atoms with E-state index in [1.807, 2.05) is 0 Å². The molecule has 96 valence electrons. The van der Waals surface area contributed by atoms with E-state index in [4.69, 9.17) is 0 Å². The van der Waals surface area contributed by atoms with E-state index in [2.05, 4.69) is 49.4 Å². The Bertz CT molecular complexity index is 369. The summed E-state index contributed by atoms with van der Waals surface area (Å²) >= 11 is 3.72. The first-order chi connectivity index (χ1) is 7.81. The Kier molecular flexibility index (Phi) is 3.33. The molecule has 2 heteroatoms. The lowest BCUT2D eigenvalue weighted by Crippen LogP contribution is -2.54. The SMILES string of the molecule is C=C1C[C@@H](O)[C@H](Br)C(C)(C)C12CC=C(C)CC2. The number of hydrogen-bond acceptors (Lipinski definition) is 1. The fourth-order valence-corrected chi connectivity index (χ4v) is 4.25.